The van der Waals surface area contributed by atoms with Crippen molar-refractivity contribution in [2.45, 2.75) is 23.5 Å². The first-order valence-electron chi connectivity index (χ1n) is 8.75. The summed E-state index contributed by atoms with van der Waals surface area (Å²) in [6.07, 6.45) is 0.763. The third-order valence-corrected chi connectivity index (χ3v) is 8.07. The number of fused-ring (bicyclic) bond motifs is 1. The summed E-state index contributed by atoms with van der Waals surface area (Å²) in [5.74, 6) is 0.148. The number of thioether (sulfide) groups is 1. The second-order valence-electron chi connectivity index (χ2n) is 6.58. The number of oxazole rings is 1. The van der Waals surface area contributed by atoms with Crippen LogP contribution in [0, 0.1) is 6.92 Å². The average molecular weight is 405 g/mol. The molecule has 1 unspecified atom stereocenters. The Morgan fingerprint density at radius 1 is 1.19 bits per heavy atom. The van der Waals surface area contributed by atoms with Crippen molar-refractivity contribution in [1.29, 1.82) is 0 Å². The SMILES string of the molecule is Cc1ccccc1C1CCN(S(=O)(=O)c2ccc3oc(=O)[nH]c3c2)CCS1. The van der Waals surface area contributed by atoms with Crippen LogP contribution in [0.5, 0.6) is 0 Å². The van der Waals surface area contributed by atoms with E-state index in [0.717, 1.165) is 12.2 Å². The minimum absolute atomic E-state index is 0.173. The van der Waals surface area contributed by atoms with Gasteiger partial charge in [0, 0.05) is 24.1 Å². The van der Waals surface area contributed by atoms with E-state index in [1.807, 2.05) is 12.1 Å². The zero-order valence-corrected chi connectivity index (χ0v) is 16.5. The van der Waals surface area contributed by atoms with E-state index in [0.29, 0.717) is 29.4 Å². The number of rotatable bonds is 3. The van der Waals surface area contributed by atoms with Crippen molar-refractivity contribution in [1.82, 2.24) is 9.29 Å². The summed E-state index contributed by atoms with van der Waals surface area (Å²) in [5.41, 5.74) is 3.26. The van der Waals surface area contributed by atoms with Gasteiger partial charge in [0.1, 0.15) is 0 Å². The van der Waals surface area contributed by atoms with Gasteiger partial charge in [-0.05, 0) is 42.7 Å². The number of hydrogen-bond acceptors (Lipinski definition) is 5. The van der Waals surface area contributed by atoms with Gasteiger partial charge in [0.15, 0.2) is 5.58 Å². The highest BCUT2D eigenvalue weighted by Gasteiger charge is 2.29. The Morgan fingerprint density at radius 2 is 2.00 bits per heavy atom. The van der Waals surface area contributed by atoms with Crippen LogP contribution in [0.3, 0.4) is 0 Å². The minimum atomic E-state index is -3.63. The molecule has 2 heterocycles. The number of aryl methyl sites for hydroxylation is 1. The highest BCUT2D eigenvalue weighted by molar-refractivity contribution is 7.99. The maximum absolute atomic E-state index is 13.1. The van der Waals surface area contributed by atoms with Gasteiger partial charge in [0.05, 0.1) is 10.4 Å². The second kappa shape index (κ2) is 7.18. The fourth-order valence-electron chi connectivity index (χ4n) is 3.43. The van der Waals surface area contributed by atoms with E-state index in [4.69, 9.17) is 4.42 Å². The number of aromatic amines is 1. The van der Waals surface area contributed by atoms with E-state index in [2.05, 4.69) is 24.0 Å². The van der Waals surface area contributed by atoms with E-state index in [1.165, 1.54) is 33.6 Å². The van der Waals surface area contributed by atoms with Gasteiger partial charge in [0.2, 0.25) is 10.0 Å². The first-order valence-corrected chi connectivity index (χ1v) is 11.2. The van der Waals surface area contributed by atoms with Gasteiger partial charge in [-0.2, -0.15) is 16.1 Å². The lowest BCUT2D eigenvalue weighted by Crippen LogP contribution is -2.33. The van der Waals surface area contributed by atoms with Gasteiger partial charge in [-0.25, -0.2) is 13.2 Å². The Bertz CT molecular complexity index is 1130. The number of nitrogens with one attached hydrogen (secondary N) is 1. The minimum Gasteiger partial charge on any atom is -0.408 e. The van der Waals surface area contributed by atoms with Crippen LogP contribution in [0.1, 0.15) is 22.8 Å². The molecule has 0 spiro atoms. The Labute approximate surface area is 161 Å². The van der Waals surface area contributed by atoms with E-state index in [-0.39, 0.29) is 4.90 Å². The first-order chi connectivity index (χ1) is 12.9. The smallest absolute Gasteiger partial charge is 0.408 e. The number of hydrogen-bond donors (Lipinski definition) is 1. The van der Waals surface area contributed by atoms with Crippen LogP contribution in [-0.4, -0.2) is 36.5 Å². The molecule has 1 saturated heterocycles. The molecule has 6 nitrogen and oxygen atoms in total. The molecular formula is C19H20N2O4S2. The summed E-state index contributed by atoms with van der Waals surface area (Å²) in [5, 5.41) is 0.291. The van der Waals surface area contributed by atoms with Crippen LogP contribution < -0.4 is 5.76 Å². The van der Waals surface area contributed by atoms with Crippen LogP contribution in [-0.2, 0) is 10.0 Å². The van der Waals surface area contributed by atoms with Crippen molar-refractivity contribution in [3.05, 3.63) is 64.1 Å². The lowest BCUT2D eigenvalue weighted by Gasteiger charge is -2.20. The summed E-state index contributed by atoms with van der Waals surface area (Å²) in [7, 11) is -3.63. The molecule has 0 aliphatic carbocycles. The zero-order valence-electron chi connectivity index (χ0n) is 14.8. The Kier molecular flexibility index (Phi) is 4.88. The van der Waals surface area contributed by atoms with Gasteiger partial charge in [-0.3, -0.25) is 4.98 Å². The highest BCUT2D eigenvalue weighted by Crippen LogP contribution is 2.37. The number of nitrogens with zero attached hydrogens (tertiary/aromatic N) is 1. The van der Waals surface area contributed by atoms with Crippen LogP contribution in [0.25, 0.3) is 11.1 Å². The summed E-state index contributed by atoms with van der Waals surface area (Å²) < 4.78 is 32.7. The van der Waals surface area contributed by atoms with Crippen molar-refractivity contribution in [2.75, 3.05) is 18.8 Å². The quantitative estimate of drug-likeness (QED) is 0.724. The molecule has 1 aliphatic rings. The predicted octanol–water partition coefficient (Wildman–Crippen LogP) is 3.30. The van der Waals surface area contributed by atoms with Gasteiger partial charge >= 0.3 is 5.76 Å². The van der Waals surface area contributed by atoms with Crippen molar-refractivity contribution < 1.29 is 12.8 Å². The molecule has 1 atom stereocenters. The summed E-state index contributed by atoms with van der Waals surface area (Å²) in [6, 6.07) is 12.7. The summed E-state index contributed by atoms with van der Waals surface area (Å²) in [6.45, 7) is 3.03. The van der Waals surface area contributed by atoms with Crippen molar-refractivity contribution >= 4 is 32.9 Å². The van der Waals surface area contributed by atoms with Crippen LogP contribution >= 0.6 is 11.8 Å². The van der Waals surface area contributed by atoms with E-state index >= 15 is 0 Å². The molecule has 0 bridgehead atoms. The highest BCUT2D eigenvalue weighted by atomic mass is 32.2. The summed E-state index contributed by atoms with van der Waals surface area (Å²) >= 11 is 1.80. The zero-order chi connectivity index (χ0) is 19.0. The maximum Gasteiger partial charge on any atom is 0.417 e. The molecule has 0 saturated carbocycles. The molecule has 2 aromatic carbocycles. The molecule has 8 heteroatoms. The van der Waals surface area contributed by atoms with Crippen LogP contribution in [0.2, 0.25) is 0 Å². The summed E-state index contributed by atoms with van der Waals surface area (Å²) in [4.78, 5) is 14.0. The molecule has 1 aromatic heterocycles. The van der Waals surface area contributed by atoms with Gasteiger partial charge in [-0.1, -0.05) is 24.3 Å². The molecule has 1 fully saturated rings. The third-order valence-electron chi connectivity index (χ3n) is 4.86. The largest absolute Gasteiger partial charge is 0.417 e. The topological polar surface area (TPSA) is 83.4 Å². The standard InChI is InChI=1S/C19H20N2O4S2/c1-13-4-2-3-5-15(13)18-8-9-21(10-11-26-18)27(23,24)14-6-7-17-16(12-14)20-19(22)25-17/h2-7,12,18H,8-11H2,1H3,(H,20,22). The number of benzene rings is 2. The van der Waals surface area contributed by atoms with Crippen molar-refractivity contribution in [3.8, 4) is 0 Å². The molecule has 1 N–H and O–H groups in total. The number of H-pyrrole nitrogens is 1. The van der Waals surface area contributed by atoms with E-state index in [1.54, 1.807) is 11.8 Å². The van der Waals surface area contributed by atoms with Crippen molar-refractivity contribution in [3.63, 3.8) is 0 Å². The van der Waals surface area contributed by atoms with Crippen LogP contribution in [0.15, 0.2) is 56.6 Å². The third kappa shape index (κ3) is 3.56. The predicted molar refractivity (Wildman–Crippen MR) is 107 cm³/mol. The fraction of sp³-hybridized carbons (Fsp3) is 0.316. The molecule has 142 valence electrons. The van der Waals surface area contributed by atoms with Gasteiger partial charge in [0.25, 0.3) is 0 Å². The van der Waals surface area contributed by atoms with Gasteiger partial charge < -0.3 is 4.42 Å². The van der Waals surface area contributed by atoms with E-state index in [9.17, 15) is 13.2 Å². The fourth-order valence-corrected chi connectivity index (χ4v) is 6.35. The normalized spacial score (nSPS) is 19.2. The average Bonchev–Trinajstić information content (AvgIpc) is 2.85. The Hall–Kier alpha value is -2.03. The molecule has 4 rings (SSSR count). The Morgan fingerprint density at radius 3 is 2.81 bits per heavy atom. The van der Waals surface area contributed by atoms with Crippen molar-refractivity contribution in [2.24, 2.45) is 0 Å². The lowest BCUT2D eigenvalue weighted by molar-refractivity contribution is 0.428. The maximum atomic E-state index is 13.1. The molecule has 0 radical (unpaired) electrons. The molecule has 3 aromatic rings. The Balaban J connectivity index is 1.58. The monoisotopic (exact) mass is 404 g/mol. The molecule has 27 heavy (non-hydrogen) atoms. The van der Waals surface area contributed by atoms with E-state index < -0.39 is 15.8 Å². The first kappa shape index (κ1) is 18.3. The second-order valence-corrected chi connectivity index (χ2v) is 9.83. The van der Waals surface area contributed by atoms with Crippen LogP contribution in [0.4, 0.5) is 0 Å². The number of aromatic nitrogens is 1. The number of sulfonamides is 1. The molecular weight excluding hydrogens is 384 g/mol. The van der Waals surface area contributed by atoms with Gasteiger partial charge in [-0.15, -0.1) is 0 Å². The molecule has 1 aliphatic heterocycles. The molecule has 0 amide bonds. The lowest BCUT2D eigenvalue weighted by atomic mass is 10.0.